The number of ether oxygens (including phenoxy) is 1. The Kier molecular flexibility index (Phi) is 3.96. The van der Waals surface area contributed by atoms with Crippen LogP contribution in [-0.4, -0.2) is 22.4 Å². The predicted molar refractivity (Wildman–Crippen MR) is 54.6 cm³/mol. The minimum Gasteiger partial charge on any atom is -0.481 e. The van der Waals surface area contributed by atoms with Crippen LogP contribution in [0.5, 0.6) is 5.88 Å². The number of anilines is 1. The van der Waals surface area contributed by atoms with Gasteiger partial charge in [0.1, 0.15) is 0 Å². The lowest BCUT2D eigenvalue weighted by molar-refractivity contribution is -0.275. The maximum absolute atomic E-state index is 12.0. The topological polar surface area (TPSA) is 111 Å². The van der Waals surface area contributed by atoms with E-state index in [1.807, 2.05) is 0 Å². The van der Waals surface area contributed by atoms with Crippen molar-refractivity contribution in [2.75, 3.05) is 5.73 Å². The second-order valence-corrected chi connectivity index (χ2v) is 3.31. The number of nitrogen functional groups attached to an aromatic ring is 1. The van der Waals surface area contributed by atoms with Crippen LogP contribution < -0.4 is 16.2 Å². The van der Waals surface area contributed by atoms with E-state index in [9.17, 15) is 18.0 Å². The quantitative estimate of drug-likeness (QED) is 0.736. The van der Waals surface area contributed by atoms with E-state index in [4.69, 9.17) is 16.6 Å². The first-order valence-corrected chi connectivity index (χ1v) is 4.69. The molecule has 18 heavy (non-hydrogen) atoms. The van der Waals surface area contributed by atoms with Gasteiger partial charge < -0.3 is 21.3 Å². The van der Waals surface area contributed by atoms with Crippen LogP contribution in [0.15, 0.2) is 6.07 Å². The minimum absolute atomic E-state index is 0.00847. The van der Waals surface area contributed by atoms with Crippen LogP contribution >= 0.6 is 0 Å². The summed E-state index contributed by atoms with van der Waals surface area (Å²) in [5.74, 6) is -2.01. The number of aliphatic carboxylic acids is 1. The molecule has 1 aromatic heterocycles. The van der Waals surface area contributed by atoms with E-state index in [1.54, 1.807) is 0 Å². The molecule has 0 aromatic carbocycles. The molecule has 0 aliphatic carbocycles. The van der Waals surface area contributed by atoms with E-state index < -0.39 is 30.3 Å². The first kappa shape index (κ1) is 14.0. The molecule has 6 nitrogen and oxygen atoms in total. The molecule has 1 aromatic rings. The van der Waals surface area contributed by atoms with Gasteiger partial charge in [-0.1, -0.05) is 0 Å². The molecule has 0 saturated carbocycles. The van der Waals surface area contributed by atoms with Crippen molar-refractivity contribution in [1.29, 1.82) is 0 Å². The fraction of sp³-hybridized carbons (Fsp3) is 0.333. The largest absolute Gasteiger partial charge is 0.574 e. The Balaban J connectivity index is 3.13. The van der Waals surface area contributed by atoms with Gasteiger partial charge in [-0.05, 0) is 11.6 Å². The first-order valence-electron chi connectivity index (χ1n) is 4.69. The lowest BCUT2D eigenvalue weighted by Gasteiger charge is -2.13. The Bertz CT molecular complexity index is 462. The van der Waals surface area contributed by atoms with Crippen molar-refractivity contribution in [2.45, 2.75) is 19.3 Å². The molecule has 0 fully saturated rings. The van der Waals surface area contributed by atoms with Crippen molar-refractivity contribution in [1.82, 2.24) is 4.98 Å². The molecule has 0 bridgehead atoms. The average molecular weight is 265 g/mol. The van der Waals surface area contributed by atoms with E-state index in [2.05, 4.69) is 9.72 Å². The SMILES string of the molecule is NCc1nc(OC(F)(F)F)c(N)cc1CC(=O)O. The summed E-state index contributed by atoms with van der Waals surface area (Å²) in [6.45, 7) is -0.225. The number of aromatic nitrogens is 1. The Morgan fingerprint density at radius 1 is 1.50 bits per heavy atom. The van der Waals surface area contributed by atoms with Crippen LogP contribution in [0.25, 0.3) is 0 Å². The number of carboxylic acid groups (broad SMARTS) is 1. The Hall–Kier alpha value is -2.03. The normalized spacial score (nSPS) is 11.3. The van der Waals surface area contributed by atoms with Crippen LogP contribution in [0.3, 0.4) is 0 Å². The molecule has 0 atom stereocenters. The van der Waals surface area contributed by atoms with Crippen LogP contribution in [0.2, 0.25) is 0 Å². The third kappa shape index (κ3) is 3.77. The van der Waals surface area contributed by atoms with Crippen molar-refractivity contribution < 1.29 is 27.8 Å². The summed E-state index contributed by atoms with van der Waals surface area (Å²) in [5, 5.41) is 8.61. The number of pyridine rings is 1. The third-order valence-corrected chi connectivity index (χ3v) is 1.93. The summed E-state index contributed by atoms with van der Waals surface area (Å²) in [5.41, 5.74) is 10.3. The highest BCUT2D eigenvalue weighted by Gasteiger charge is 2.33. The van der Waals surface area contributed by atoms with Crippen molar-refractivity contribution >= 4 is 11.7 Å². The predicted octanol–water partition coefficient (Wildman–Crippen LogP) is 0.648. The van der Waals surface area contributed by atoms with Gasteiger partial charge in [-0.25, -0.2) is 4.98 Å². The molecular formula is C9H10F3N3O3. The van der Waals surface area contributed by atoms with E-state index in [1.165, 1.54) is 0 Å². The number of carbonyl (C=O) groups is 1. The maximum Gasteiger partial charge on any atom is 0.574 e. The molecule has 9 heteroatoms. The molecule has 0 unspecified atom stereocenters. The highest BCUT2D eigenvalue weighted by Crippen LogP contribution is 2.28. The highest BCUT2D eigenvalue weighted by atomic mass is 19.4. The summed E-state index contributed by atoms with van der Waals surface area (Å²) in [6, 6.07) is 1.06. The smallest absolute Gasteiger partial charge is 0.481 e. The van der Waals surface area contributed by atoms with Crippen molar-refractivity contribution in [3.8, 4) is 5.88 Å². The highest BCUT2D eigenvalue weighted by molar-refractivity contribution is 5.71. The number of alkyl halides is 3. The maximum atomic E-state index is 12.0. The standard InChI is InChI=1S/C9H10F3N3O3/c10-9(11,12)18-8-5(14)1-4(2-7(16)17)6(3-13)15-8/h1H,2-3,13-14H2,(H,16,17). The Labute approximate surface area is 99.4 Å². The number of halogens is 3. The summed E-state index contributed by atoms with van der Waals surface area (Å²) < 4.78 is 39.7. The number of hydrogen-bond acceptors (Lipinski definition) is 5. The number of nitrogens with two attached hydrogens (primary N) is 2. The van der Waals surface area contributed by atoms with Gasteiger partial charge in [-0.15, -0.1) is 13.2 Å². The second kappa shape index (κ2) is 5.08. The molecule has 1 heterocycles. The number of rotatable bonds is 4. The van der Waals surface area contributed by atoms with Gasteiger partial charge in [-0.3, -0.25) is 4.79 Å². The van der Waals surface area contributed by atoms with Gasteiger partial charge in [0.05, 0.1) is 17.8 Å². The average Bonchev–Trinajstić information content (AvgIpc) is 2.19. The third-order valence-electron chi connectivity index (χ3n) is 1.93. The summed E-state index contributed by atoms with van der Waals surface area (Å²) in [4.78, 5) is 14.0. The van der Waals surface area contributed by atoms with Crippen LogP contribution in [0.4, 0.5) is 18.9 Å². The molecule has 0 aliphatic rings. The molecule has 0 spiro atoms. The van der Waals surface area contributed by atoms with Crippen molar-refractivity contribution in [3.63, 3.8) is 0 Å². The lowest BCUT2D eigenvalue weighted by atomic mass is 10.1. The monoisotopic (exact) mass is 265 g/mol. The van der Waals surface area contributed by atoms with Gasteiger partial charge in [0.25, 0.3) is 0 Å². The fourth-order valence-corrected chi connectivity index (χ4v) is 1.28. The van der Waals surface area contributed by atoms with Crippen LogP contribution in [0, 0.1) is 0 Å². The summed E-state index contributed by atoms with van der Waals surface area (Å²) in [6.07, 6.45) is -5.36. The summed E-state index contributed by atoms with van der Waals surface area (Å²) in [7, 11) is 0. The molecule has 0 saturated heterocycles. The van der Waals surface area contributed by atoms with E-state index >= 15 is 0 Å². The molecule has 0 amide bonds. The van der Waals surface area contributed by atoms with Crippen LogP contribution in [0.1, 0.15) is 11.3 Å². The first-order chi connectivity index (χ1) is 8.23. The second-order valence-electron chi connectivity index (χ2n) is 3.31. The Morgan fingerprint density at radius 2 is 2.11 bits per heavy atom. The number of nitrogens with zero attached hydrogens (tertiary/aromatic N) is 1. The number of carboxylic acids is 1. The van der Waals surface area contributed by atoms with E-state index in [-0.39, 0.29) is 17.8 Å². The Morgan fingerprint density at radius 3 is 2.56 bits per heavy atom. The van der Waals surface area contributed by atoms with Gasteiger partial charge in [0.2, 0.25) is 5.88 Å². The molecule has 100 valence electrons. The van der Waals surface area contributed by atoms with E-state index in [0.717, 1.165) is 6.07 Å². The molecule has 0 radical (unpaired) electrons. The molecule has 1 rings (SSSR count). The zero-order valence-corrected chi connectivity index (χ0v) is 8.99. The molecule has 0 aliphatic heterocycles. The van der Waals surface area contributed by atoms with Crippen LogP contribution in [-0.2, 0) is 17.8 Å². The van der Waals surface area contributed by atoms with Gasteiger partial charge >= 0.3 is 12.3 Å². The molecule has 5 N–H and O–H groups in total. The van der Waals surface area contributed by atoms with Gasteiger partial charge in [0, 0.05) is 6.54 Å². The van der Waals surface area contributed by atoms with E-state index in [0.29, 0.717) is 0 Å². The van der Waals surface area contributed by atoms with Gasteiger partial charge in [0.15, 0.2) is 0 Å². The molecular weight excluding hydrogens is 255 g/mol. The zero-order valence-electron chi connectivity index (χ0n) is 8.99. The summed E-state index contributed by atoms with van der Waals surface area (Å²) >= 11 is 0. The lowest BCUT2D eigenvalue weighted by Crippen LogP contribution is -2.20. The van der Waals surface area contributed by atoms with Crippen molar-refractivity contribution in [2.24, 2.45) is 5.73 Å². The fourth-order valence-electron chi connectivity index (χ4n) is 1.28. The zero-order chi connectivity index (χ0) is 13.9. The number of hydrogen-bond donors (Lipinski definition) is 3. The van der Waals surface area contributed by atoms with Gasteiger partial charge in [-0.2, -0.15) is 0 Å². The minimum atomic E-state index is -4.93. The van der Waals surface area contributed by atoms with Crippen molar-refractivity contribution in [3.05, 3.63) is 17.3 Å².